The van der Waals surface area contributed by atoms with Crippen LogP contribution in [0.3, 0.4) is 0 Å². The second kappa shape index (κ2) is 5.55. The molecular formula is C14H16F3N3O. The van der Waals surface area contributed by atoms with Crippen molar-refractivity contribution in [1.29, 1.82) is 0 Å². The molecule has 3 rings (SSSR count). The van der Waals surface area contributed by atoms with Gasteiger partial charge in [0, 0.05) is 13.2 Å². The van der Waals surface area contributed by atoms with Gasteiger partial charge in [-0.3, -0.25) is 4.99 Å². The van der Waals surface area contributed by atoms with E-state index in [1.54, 1.807) is 4.90 Å². The minimum absolute atomic E-state index is 0.0366. The minimum atomic E-state index is -1.46. The van der Waals surface area contributed by atoms with Gasteiger partial charge >= 0.3 is 0 Å². The Balaban J connectivity index is 1.83. The van der Waals surface area contributed by atoms with Gasteiger partial charge in [-0.1, -0.05) is 0 Å². The van der Waals surface area contributed by atoms with E-state index in [1.807, 2.05) is 0 Å². The van der Waals surface area contributed by atoms with Gasteiger partial charge in [0.1, 0.15) is 0 Å². The van der Waals surface area contributed by atoms with E-state index in [0.717, 1.165) is 25.0 Å². The minimum Gasteiger partial charge on any atom is -0.376 e. The zero-order valence-corrected chi connectivity index (χ0v) is 11.4. The predicted molar refractivity (Wildman–Crippen MR) is 71.2 cm³/mol. The Bertz CT molecular complexity index is 550. The standard InChI is InChI=1S/C14H16F3N3O/c15-10-4-8(5-11(16)13(10)17)12-6-19-14(18)20(12)7-9-2-1-3-21-9/h4-5,9,12H,1-3,6-7H2,(H2,18,19). The first-order chi connectivity index (χ1) is 10.1. The molecule has 2 unspecified atom stereocenters. The third-order valence-electron chi connectivity index (χ3n) is 3.91. The van der Waals surface area contributed by atoms with E-state index in [0.29, 0.717) is 31.2 Å². The number of hydrogen-bond acceptors (Lipinski definition) is 4. The largest absolute Gasteiger partial charge is 0.376 e. The van der Waals surface area contributed by atoms with E-state index in [4.69, 9.17) is 10.5 Å². The molecule has 0 spiro atoms. The molecule has 1 fully saturated rings. The molecule has 114 valence electrons. The highest BCUT2D eigenvalue weighted by Gasteiger charge is 2.32. The van der Waals surface area contributed by atoms with E-state index in [-0.39, 0.29) is 6.10 Å². The number of nitrogens with zero attached hydrogens (tertiary/aromatic N) is 2. The van der Waals surface area contributed by atoms with Crippen molar-refractivity contribution in [1.82, 2.24) is 4.90 Å². The van der Waals surface area contributed by atoms with Gasteiger partial charge < -0.3 is 15.4 Å². The van der Waals surface area contributed by atoms with E-state index >= 15 is 0 Å². The molecule has 0 radical (unpaired) electrons. The van der Waals surface area contributed by atoms with E-state index in [2.05, 4.69) is 4.99 Å². The number of rotatable bonds is 3. The molecule has 2 aliphatic rings. The van der Waals surface area contributed by atoms with Crippen LogP contribution in [0, 0.1) is 17.5 Å². The summed E-state index contributed by atoms with van der Waals surface area (Å²) in [6.45, 7) is 1.52. The summed E-state index contributed by atoms with van der Waals surface area (Å²) in [6.07, 6.45) is 1.94. The van der Waals surface area contributed by atoms with Crippen LogP contribution in [-0.4, -0.2) is 36.7 Å². The number of hydrogen-bond donors (Lipinski definition) is 1. The highest BCUT2D eigenvalue weighted by molar-refractivity contribution is 5.80. The van der Waals surface area contributed by atoms with Crippen LogP contribution in [0.15, 0.2) is 17.1 Å². The van der Waals surface area contributed by atoms with Crippen molar-refractivity contribution in [2.75, 3.05) is 19.7 Å². The highest BCUT2D eigenvalue weighted by Crippen LogP contribution is 2.29. The molecule has 1 saturated heterocycles. The SMILES string of the molecule is NC1=NCC(c2cc(F)c(F)c(F)c2)N1CC1CCCO1. The summed E-state index contributed by atoms with van der Waals surface area (Å²) < 4.78 is 45.4. The topological polar surface area (TPSA) is 50.8 Å². The van der Waals surface area contributed by atoms with Crippen molar-refractivity contribution in [2.45, 2.75) is 25.0 Å². The van der Waals surface area contributed by atoms with Gasteiger partial charge in [0.25, 0.3) is 0 Å². The van der Waals surface area contributed by atoms with Crippen LogP contribution in [0.4, 0.5) is 13.2 Å². The molecule has 0 aliphatic carbocycles. The molecule has 4 nitrogen and oxygen atoms in total. The first kappa shape index (κ1) is 14.2. The van der Waals surface area contributed by atoms with Gasteiger partial charge in [-0.25, -0.2) is 13.2 Å². The van der Waals surface area contributed by atoms with Crippen LogP contribution in [0.2, 0.25) is 0 Å². The van der Waals surface area contributed by atoms with Crippen molar-refractivity contribution in [3.8, 4) is 0 Å². The molecular weight excluding hydrogens is 283 g/mol. The van der Waals surface area contributed by atoms with Crippen LogP contribution in [0.1, 0.15) is 24.4 Å². The summed E-state index contributed by atoms with van der Waals surface area (Å²) >= 11 is 0. The summed E-state index contributed by atoms with van der Waals surface area (Å²) in [5.41, 5.74) is 6.18. The Labute approximate surface area is 120 Å². The average molecular weight is 299 g/mol. The molecule has 0 bridgehead atoms. The molecule has 0 saturated carbocycles. The van der Waals surface area contributed by atoms with Gasteiger partial charge in [-0.2, -0.15) is 0 Å². The maximum absolute atomic E-state index is 13.4. The lowest BCUT2D eigenvalue weighted by Crippen LogP contribution is -2.41. The molecule has 1 aromatic rings. The third-order valence-corrected chi connectivity index (χ3v) is 3.91. The summed E-state index contributed by atoms with van der Waals surface area (Å²) in [7, 11) is 0. The molecule has 2 aliphatic heterocycles. The molecule has 2 N–H and O–H groups in total. The van der Waals surface area contributed by atoms with E-state index in [9.17, 15) is 13.2 Å². The van der Waals surface area contributed by atoms with Crippen LogP contribution < -0.4 is 5.73 Å². The maximum atomic E-state index is 13.4. The fraction of sp³-hybridized carbons (Fsp3) is 0.500. The number of ether oxygens (including phenoxy) is 1. The van der Waals surface area contributed by atoms with Crippen molar-refractivity contribution >= 4 is 5.96 Å². The molecule has 7 heteroatoms. The Kier molecular flexibility index (Phi) is 3.75. The molecule has 0 aromatic heterocycles. The maximum Gasteiger partial charge on any atom is 0.194 e. The number of halogens is 3. The zero-order valence-electron chi connectivity index (χ0n) is 11.4. The monoisotopic (exact) mass is 299 g/mol. The van der Waals surface area contributed by atoms with Gasteiger partial charge in [0.15, 0.2) is 23.4 Å². The first-order valence-electron chi connectivity index (χ1n) is 6.89. The Morgan fingerprint density at radius 2 is 2.00 bits per heavy atom. The number of benzene rings is 1. The summed E-state index contributed by atoms with van der Waals surface area (Å²) in [5, 5.41) is 0. The van der Waals surface area contributed by atoms with E-state index in [1.165, 1.54) is 0 Å². The van der Waals surface area contributed by atoms with Crippen LogP contribution in [-0.2, 0) is 4.74 Å². The first-order valence-corrected chi connectivity index (χ1v) is 6.89. The Hall–Kier alpha value is -1.76. The molecule has 1 aromatic carbocycles. The third kappa shape index (κ3) is 2.70. The lowest BCUT2D eigenvalue weighted by Gasteiger charge is -2.28. The summed E-state index contributed by atoms with van der Waals surface area (Å²) in [4.78, 5) is 5.89. The normalized spacial score (nSPS) is 25.5. The average Bonchev–Trinajstić information content (AvgIpc) is 3.07. The highest BCUT2D eigenvalue weighted by atomic mass is 19.2. The van der Waals surface area contributed by atoms with Crippen molar-refractivity contribution < 1.29 is 17.9 Å². The molecule has 2 atom stereocenters. The molecule has 0 amide bonds. The fourth-order valence-corrected chi connectivity index (χ4v) is 2.81. The molecule has 2 heterocycles. The number of guanidine groups is 1. The van der Waals surface area contributed by atoms with Gasteiger partial charge in [-0.15, -0.1) is 0 Å². The number of aliphatic imine (C=N–C) groups is 1. The summed E-state index contributed by atoms with van der Waals surface area (Å²) in [5.74, 6) is -3.54. The van der Waals surface area contributed by atoms with Gasteiger partial charge in [0.2, 0.25) is 0 Å². The van der Waals surface area contributed by atoms with Crippen LogP contribution >= 0.6 is 0 Å². The summed E-state index contributed by atoms with van der Waals surface area (Å²) in [6, 6.07) is 1.61. The smallest absolute Gasteiger partial charge is 0.194 e. The zero-order chi connectivity index (χ0) is 15.0. The van der Waals surface area contributed by atoms with Crippen molar-refractivity contribution in [2.24, 2.45) is 10.7 Å². The Morgan fingerprint density at radius 3 is 2.62 bits per heavy atom. The lowest BCUT2D eigenvalue weighted by atomic mass is 10.0. The quantitative estimate of drug-likeness (QED) is 0.868. The lowest BCUT2D eigenvalue weighted by molar-refractivity contribution is 0.0852. The van der Waals surface area contributed by atoms with Crippen molar-refractivity contribution in [3.05, 3.63) is 35.1 Å². The molecule has 21 heavy (non-hydrogen) atoms. The Morgan fingerprint density at radius 1 is 1.29 bits per heavy atom. The van der Waals surface area contributed by atoms with E-state index < -0.39 is 23.5 Å². The van der Waals surface area contributed by atoms with Gasteiger partial charge in [0.05, 0.1) is 18.7 Å². The second-order valence-corrected chi connectivity index (χ2v) is 5.30. The fourth-order valence-electron chi connectivity index (χ4n) is 2.81. The second-order valence-electron chi connectivity index (χ2n) is 5.30. The predicted octanol–water partition coefficient (Wildman–Crippen LogP) is 1.95. The van der Waals surface area contributed by atoms with Crippen LogP contribution in [0.25, 0.3) is 0 Å². The van der Waals surface area contributed by atoms with Crippen LogP contribution in [0.5, 0.6) is 0 Å². The van der Waals surface area contributed by atoms with Crippen molar-refractivity contribution in [3.63, 3.8) is 0 Å². The van der Waals surface area contributed by atoms with Gasteiger partial charge in [-0.05, 0) is 30.5 Å². The number of nitrogens with two attached hydrogens (primary N) is 1.